The van der Waals surface area contributed by atoms with Crippen molar-refractivity contribution >= 4 is 29.0 Å². The minimum atomic E-state index is -0.717. The van der Waals surface area contributed by atoms with E-state index in [0.717, 1.165) is 10.6 Å². The summed E-state index contributed by atoms with van der Waals surface area (Å²) in [5, 5.41) is 13.7. The number of nitrogen functional groups attached to an aromatic ring is 1. The van der Waals surface area contributed by atoms with Gasteiger partial charge in [-0.2, -0.15) is 0 Å². The number of anilines is 2. The average molecular weight is 385 g/mol. The van der Waals surface area contributed by atoms with Crippen LogP contribution in [0.5, 0.6) is 0 Å². The fourth-order valence-electron chi connectivity index (χ4n) is 3.41. The van der Waals surface area contributed by atoms with Crippen molar-refractivity contribution in [3.63, 3.8) is 0 Å². The number of nitrogens with one attached hydrogen (secondary N) is 1. The zero-order valence-electron chi connectivity index (χ0n) is 14.5. The van der Waals surface area contributed by atoms with E-state index in [0.29, 0.717) is 32.0 Å². The quantitative estimate of drug-likeness (QED) is 0.427. The minimum absolute atomic E-state index is 0.108. The van der Waals surface area contributed by atoms with Gasteiger partial charge in [0, 0.05) is 25.2 Å². The van der Waals surface area contributed by atoms with Crippen LogP contribution in [0.3, 0.4) is 0 Å². The standard InChI is InChI=1S/C17H15N5O6/c18-15-14-10(16(24)19-17(14)25)8-13(23)21(15)9-1-2-11(12(7-9)22(26)27)20-3-5-28-6-4-20/h1-2,7-8H,3-6,18H2,(H,19,24,25). The van der Waals surface area contributed by atoms with Gasteiger partial charge < -0.3 is 15.4 Å². The van der Waals surface area contributed by atoms with E-state index in [1.54, 1.807) is 0 Å². The zero-order valence-corrected chi connectivity index (χ0v) is 14.5. The molecule has 2 aromatic rings. The van der Waals surface area contributed by atoms with Crippen LogP contribution in [0.25, 0.3) is 5.69 Å². The first-order chi connectivity index (χ1) is 13.4. The Balaban J connectivity index is 1.87. The maximum Gasteiger partial charge on any atom is 0.294 e. The Hall–Kier alpha value is -3.73. The minimum Gasteiger partial charge on any atom is -0.384 e. The zero-order chi connectivity index (χ0) is 20.0. The van der Waals surface area contributed by atoms with E-state index < -0.39 is 22.3 Å². The van der Waals surface area contributed by atoms with Gasteiger partial charge in [-0.15, -0.1) is 0 Å². The van der Waals surface area contributed by atoms with Gasteiger partial charge >= 0.3 is 0 Å². The van der Waals surface area contributed by atoms with Crippen molar-refractivity contribution in [2.45, 2.75) is 0 Å². The predicted octanol–water partition coefficient (Wildman–Crippen LogP) is 0.0481. The van der Waals surface area contributed by atoms with Crippen molar-refractivity contribution in [2.24, 2.45) is 0 Å². The molecule has 0 atom stereocenters. The monoisotopic (exact) mass is 385 g/mol. The second-order valence-corrected chi connectivity index (χ2v) is 6.30. The van der Waals surface area contributed by atoms with Crippen LogP contribution in [0.2, 0.25) is 0 Å². The third kappa shape index (κ3) is 2.68. The number of rotatable bonds is 3. The molecule has 1 aromatic carbocycles. The van der Waals surface area contributed by atoms with Crippen LogP contribution in [-0.4, -0.2) is 47.6 Å². The highest BCUT2D eigenvalue weighted by Crippen LogP contribution is 2.32. The van der Waals surface area contributed by atoms with E-state index in [1.165, 1.54) is 18.2 Å². The number of aromatic nitrogens is 1. The Labute approximate surface area is 157 Å². The number of fused-ring (bicyclic) bond motifs is 1. The third-order valence-corrected chi connectivity index (χ3v) is 4.72. The van der Waals surface area contributed by atoms with E-state index in [4.69, 9.17) is 10.5 Å². The number of ether oxygens (including phenoxy) is 1. The topological polar surface area (TPSA) is 150 Å². The number of nitrogens with two attached hydrogens (primary N) is 1. The molecule has 0 aliphatic carbocycles. The Morgan fingerprint density at radius 2 is 1.82 bits per heavy atom. The van der Waals surface area contributed by atoms with Crippen molar-refractivity contribution in [1.29, 1.82) is 0 Å². The lowest BCUT2D eigenvalue weighted by atomic mass is 10.1. The molecule has 2 aliphatic rings. The third-order valence-electron chi connectivity index (χ3n) is 4.72. The summed E-state index contributed by atoms with van der Waals surface area (Å²) in [6.07, 6.45) is 0. The summed E-state index contributed by atoms with van der Waals surface area (Å²) in [7, 11) is 0. The number of imide groups is 1. The van der Waals surface area contributed by atoms with Gasteiger partial charge in [0.1, 0.15) is 11.5 Å². The lowest BCUT2D eigenvalue weighted by molar-refractivity contribution is -0.384. The fourth-order valence-corrected chi connectivity index (χ4v) is 3.41. The molecule has 0 unspecified atom stereocenters. The Morgan fingerprint density at radius 1 is 1.11 bits per heavy atom. The van der Waals surface area contributed by atoms with Crippen LogP contribution in [0.1, 0.15) is 20.7 Å². The Bertz CT molecular complexity index is 1090. The van der Waals surface area contributed by atoms with E-state index in [9.17, 15) is 24.5 Å². The SMILES string of the molecule is Nc1c2c(cc(=O)n1-c1ccc(N3CCOCC3)c([N+](=O)[O-])c1)C(=O)NC2=O. The first-order valence-corrected chi connectivity index (χ1v) is 8.41. The number of hydrogen-bond acceptors (Lipinski definition) is 8. The maximum absolute atomic E-state index is 12.5. The number of amides is 2. The molecule has 3 N–H and O–H groups in total. The molecule has 3 heterocycles. The maximum atomic E-state index is 12.5. The van der Waals surface area contributed by atoms with Crippen molar-refractivity contribution < 1.29 is 19.2 Å². The van der Waals surface area contributed by atoms with E-state index in [-0.39, 0.29) is 28.3 Å². The Kier molecular flexibility index (Phi) is 4.08. The molecule has 11 heteroatoms. The number of pyridine rings is 1. The smallest absolute Gasteiger partial charge is 0.294 e. The van der Waals surface area contributed by atoms with Gasteiger partial charge in [-0.1, -0.05) is 0 Å². The Morgan fingerprint density at radius 3 is 2.50 bits per heavy atom. The van der Waals surface area contributed by atoms with Gasteiger partial charge in [-0.25, -0.2) is 0 Å². The molecule has 2 amide bonds. The number of morpholine rings is 1. The van der Waals surface area contributed by atoms with Crippen LogP contribution < -0.4 is 21.5 Å². The largest absolute Gasteiger partial charge is 0.384 e. The second kappa shape index (κ2) is 6.46. The molecule has 1 fully saturated rings. The molecule has 1 saturated heterocycles. The molecule has 28 heavy (non-hydrogen) atoms. The summed E-state index contributed by atoms with van der Waals surface area (Å²) >= 11 is 0. The van der Waals surface area contributed by atoms with E-state index in [2.05, 4.69) is 5.32 Å². The van der Waals surface area contributed by atoms with Gasteiger partial charge in [0.15, 0.2) is 0 Å². The van der Waals surface area contributed by atoms with Gasteiger partial charge in [0.2, 0.25) is 0 Å². The summed E-state index contributed by atoms with van der Waals surface area (Å²) in [5.74, 6) is -1.67. The summed E-state index contributed by atoms with van der Waals surface area (Å²) < 4.78 is 6.25. The van der Waals surface area contributed by atoms with Gasteiger partial charge in [-0.3, -0.25) is 34.4 Å². The lowest BCUT2D eigenvalue weighted by Gasteiger charge is -2.28. The van der Waals surface area contributed by atoms with Crippen molar-refractivity contribution in [1.82, 2.24) is 9.88 Å². The summed E-state index contributed by atoms with van der Waals surface area (Å²) in [6.45, 7) is 1.92. The predicted molar refractivity (Wildman–Crippen MR) is 97.9 cm³/mol. The fraction of sp³-hybridized carbons (Fsp3) is 0.235. The molecule has 0 radical (unpaired) electrons. The van der Waals surface area contributed by atoms with Crippen LogP contribution >= 0.6 is 0 Å². The number of nitro groups is 1. The molecule has 11 nitrogen and oxygen atoms in total. The normalized spacial score (nSPS) is 16.1. The van der Waals surface area contributed by atoms with Crippen molar-refractivity contribution in [3.8, 4) is 5.69 Å². The van der Waals surface area contributed by atoms with Gasteiger partial charge in [-0.05, 0) is 12.1 Å². The molecule has 1 aromatic heterocycles. The van der Waals surface area contributed by atoms with E-state index >= 15 is 0 Å². The molecule has 2 aliphatic heterocycles. The first-order valence-electron chi connectivity index (χ1n) is 8.41. The van der Waals surface area contributed by atoms with E-state index in [1.807, 2.05) is 4.90 Å². The number of carbonyl (C=O) groups excluding carboxylic acids is 2. The van der Waals surface area contributed by atoms with Crippen molar-refractivity contribution in [2.75, 3.05) is 36.9 Å². The molecule has 0 bridgehead atoms. The molecule has 0 spiro atoms. The number of benzene rings is 1. The highest BCUT2D eigenvalue weighted by atomic mass is 16.6. The molecule has 144 valence electrons. The van der Waals surface area contributed by atoms with Crippen LogP contribution in [0, 0.1) is 10.1 Å². The summed E-state index contributed by atoms with van der Waals surface area (Å²) in [4.78, 5) is 49.1. The van der Waals surface area contributed by atoms with Crippen molar-refractivity contribution in [3.05, 3.63) is 55.9 Å². The van der Waals surface area contributed by atoms with Crippen LogP contribution in [0.4, 0.5) is 17.2 Å². The average Bonchev–Trinajstić information content (AvgIpc) is 2.96. The van der Waals surface area contributed by atoms with Gasteiger partial charge in [0.05, 0.1) is 35.0 Å². The van der Waals surface area contributed by atoms with Gasteiger partial charge in [0.25, 0.3) is 23.1 Å². The molecule has 0 saturated carbocycles. The highest BCUT2D eigenvalue weighted by Gasteiger charge is 2.32. The number of carbonyl (C=O) groups is 2. The van der Waals surface area contributed by atoms with Crippen LogP contribution in [-0.2, 0) is 4.74 Å². The highest BCUT2D eigenvalue weighted by molar-refractivity contribution is 6.23. The molecular formula is C17H15N5O6. The number of hydrogen-bond donors (Lipinski definition) is 2. The van der Waals surface area contributed by atoms with Crippen LogP contribution in [0.15, 0.2) is 29.1 Å². The molecular weight excluding hydrogens is 370 g/mol. The number of nitrogens with zero attached hydrogens (tertiary/aromatic N) is 3. The molecule has 4 rings (SSSR count). The number of nitro benzene ring substituents is 1. The lowest BCUT2D eigenvalue weighted by Crippen LogP contribution is -2.36. The summed E-state index contributed by atoms with van der Waals surface area (Å²) in [5.41, 5.74) is 5.40. The first kappa shape index (κ1) is 17.7. The second-order valence-electron chi connectivity index (χ2n) is 6.30. The summed E-state index contributed by atoms with van der Waals surface area (Å²) in [6, 6.07) is 5.26.